The first kappa shape index (κ1) is 13.8. The smallest absolute Gasteiger partial charge is 0.252 e. The highest BCUT2D eigenvalue weighted by Crippen LogP contribution is 2.37. The number of rotatable bonds is 6. The average molecular weight is 285 g/mol. The van der Waals surface area contributed by atoms with E-state index in [1.165, 1.54) is 6.07 Å². The molecular weight excluding hydrogens is 266 g/mol. The third kappa shape index (κ3) is 3.49. The summed E-state index contributed by atoms with van der Waals surface area (Å²) >= 11 is 0. The SMILES string of the molecule is COCc1ccccc1CNc1cc(=O)[nH]c(C2CC2)n1. The van der Waals surface area contributed by atoms with Crippen molar-refractivity contribution in [3.63, 3.8) is 0 Å². The first-order valence-corrected chi connectivity index (χ1v) is 7.17. The van der Waals surface area contributed by atoms with Crippen LogP contribution in [0.4, 0.5) is 5.82 Å². The molecule has 1 aliphatic rings. The fourth-order valence-corrected chi connectivity index (χ4v) is 2.33. The van der Waals surface area contributed by atoms with Gasteiger partial charge >= 0.3 is 0 Å². The van der Waals surface area contributed by atoms with Gasteiger partial charge in [-0.25, -0.2) is 4.98 Å². The highest BCUT2D eigenvalue weighted by Gasteiger charge is 2.26. The lowest BCUT2D eigenvalue weighted by Crippen LogP contribution is -2.13. The summed E-state index contributed by atoms with van der Waals surface area (Å²) in [6, 6.07) is 9.59. The van der Waals surface area contributed by atoms with Gasteiger partial charge in [0.15, 0.2) is 0 Å². The molecule has 0 aliphatic heterocycles. The second-order valence-electron chi connectivity index (χ2n) is 5.35. The number of H-pyrrole nitrogens is 1. The molecule has 1 saturated carbocycles. The van der Waals surface area contributed by atoms with E-state index in [4.69, 9.17) is 4.74 Å². The van der Waals surface area contributed by atoms with Gasteiger partial charge in [-0.1, -0.05) is 24.3 Å². The fourth-order valence-electron chi connectivity index (χ4n) is 2.33. The van der Waals surface area contributed by atoms with Crippen molar-refractivity contribution in [2.45, 2.75) is 31.9 Å². The van der Waals surface area contributed by atoms with Crippen LogP contribution in [0.5, 0.6) is 0 Å². The maximum Gasteiger partial charge on any atom is 0.252 e. The van der Waals surface area contributed by atoms with E-state index in [2.05, 4.69) is 21.4 Å². The highest BCUT2D eigenvalue weighted by molar-refractivity contribution is 5.37. The maximum absolute atomic E-state index is 11.7. The summed E-state index contributed by atoms with van der Waals surface area (Å²) < 4.78 is 5.20. The Labute approximate surface area is 123 Å². The molecule has 21 heavy (non-hydrogen) atoms. The van der Waals surface area contributed by atoms with E-state index in [0.717, 1.165) is 29.8 Å². The molecule has 1 aromatic carbocycles. The minimum absolute atomic E-state index is 0.0976. The first-order chi connectivity index (χ1) is 10.3. The molecular formula is C16H19N3O2. The van der Waals surface area contributed by atoms with Crippen LogP contribution in [0.15, 0.2) is 35.1 Å². The van der Waals surface area contributed by atoms with Crippen LogP contribution in [0, 0.1) is 0 Å². The number of methoxy groups -OCH3 is 1. The molecule has 2 aromatic rings. The third-order valence-electron chi connectivity index (χ3n) is 3.60. The lowest BCUT2D eigenvalue weighted by Gasteiger charge is -2.11. The van der Waals surface area contributed by atoms with E-state index in [9.17, 15) is 4.79 Å². The number of hydrogen-bond donors (Lipinski definition) is 2. The number of nitrogens with one attached hydrogen (secondary N) is 2. The van der Waals surface area contributed by atoms with Gasteiger partial charge in [-0.2, -0.15) is 0 Å². The highest BCUT2D eigenvalue weighted by atomic mass is 16.5. The zero-order chi connectivity index (χ0) is 14.7. The minimum atomic E-state index is -0.0976. The molecule has 0 bridgehead atoms. The number of ether oxygens (including phenoxy) is 1. The second kappa shape index (κ2) is 6.10. The molecule has 0 amide bonds. The zero-order valence-corrected chi connectivity index (χ0v) is 12.1. The van der Waals surface area contributed by atoms with Crippen molar-refractivity contribution in [3.8, 4) is 0 Å². The Morgan fingerprint density at radius 1 is 1.33 bits per heavy atom. The van der Waals surface area contributed by atoms with Crippen LogP contribution >= 0.6 is 0 Å². The molecule has 2 N–H and O–H groups in total. The van der Waals surface area contributed by atoms with Gasteiger partial charge < -0.3 is 15.0 Å². The molecule has 0 atom stereocenters. The average Bonchev–Trinajstić information content (AvgIpc) is 3.31. The molecule has 5 nitrogen and oxygen atoms in total. The molecule has 1 fully saturated rings. The van der Waals surface area contributed by atoms with Gasteiger partial charge in [0.1, 0.15) is 11.6 Å². The van der Waals surface area contributed by atoms with Crippen molar-refractivity contribution in [2.24, 2.45) is 0 Å². The summed E-state index contributed by atoms with van der Waals surface area (Å²) in [4.78, 5) is 19.0. The van der Waals surface area contributed by atoms with Gasteiger partial charge in [0, 0.05) is 25.6 Å². The molecule has 1 aliphatic carbocycles. The molecule has 0 spiro atoms. The van der Waals surface area contributed by atoms with Crippen LogP contribution in [-0.4, -0.2) is 17.1 Å². The van der Waals surface area contributed by atoms with Crippen molar-refractivity contribution in [1.82, 2.24) is 9.97 Å². The largest absolute Gasteiger partial charge is 0.380 e. The predicted octanol–water partition coefficient (Wildman–Crippen LogP) is 2.41. The monoisotopic (exact) mass is 285 g/mol. The van der Waals surface area contributed by atoms with Gasteiger partial charge in [-0.05, 0) is 24.0 Å². The second-order valence-corrected chi connectivity index (χ2v) is 5.35. The van der Waals surface area contributed by atoms with E-state index < -0.39 is 0 Å². The Morgan fingerprint density at radius 2 is 2.10 bits per heavy atom. The van der Waals surface area contributed by atoms with Crippen LogP contribution in [0.1, 0.15) is 35.7 Å². The van der Waals surface area contributed by atoms with Crippen LogP contribution in [0.25, 0.3) is 0 Å². The predicted molar refractivity (Wildman–Crippen MR) is 81.3 cm³/mol. The molecule has 5 heteroatoms. The molecule has 1 heterocycles. The lowest BCUT2D eigenvalue weighted by atomic mass is 10.1. The minimum Gasteiger partial charge on any atom is -0.380 e. The lowest BCUT2D eigenvalue weighted by molar-refractivity contribution is 0.184. The first-order valence-electron chi connectivity index (χ1n) is 7.17. The quantitative estimate of drug-likeness (QED) is 0.855. The van der Waals surface area contributed by atoms with E-state index in [0.29, 0.717) is 24.9 Å². The number of anilines is 1. The van der Waals surface area contributed by atoms with E-state index in [1.54, 1.807) is 7.11 Å². The summed E-state index contributed by atoms with van der Waals surface area (Å²) in [5.74, 6) is 1.86. The summed E-state index contributed by atoms with van der Waals surface area (Å²) in [5.41, 5.74) is 2.19. The summed E-state index contributed by atoms with van der Waals surface area (Å²) in [7, 11) is 1.68. The van der Waals surface area contributed by atoms with Crippen LogP contribution in [-0.2, 0) is 17.9 Å². The molecule has 1 aromatic heterocycles. The summed E-state index contributed by atoms with van der Waals surface area (Å²) in [5, 5.41) is 3.24. The van der Waals surface area contributed by atoms with Crippen molar-refractivity contribution in [2.75, 3.05) is 12.4 Å². The third-order valence-corrected chi connectivity index (χ3v) is 3.60. The molecule has 110 valence electrons. The van der Waals surface area contributed by atoms with Crippen molar-refractivity contribution >= 4 is 5.82 Å². The van der Waals surface area contributed by atoms with Gasteiger partial charge in [0.2, 0.25) is 0 Å². The van der Waals surface area contributed by atoms with Gasteiger partial charge in [-0.3, -0.25) is 4.79 Å². The van der Waals surface area contributed by atoms with E-state index in [1.807, 2.05) is 18.2 Å². The normalized spacial score (nSPS) is 14.1. The van der Waals surface area contributed by atoms with E-state index >= 15 is 0 Å². The molecule has 3 rings (SSSR count). The fraction of sp³-hybridized carbons (Fsp3) is 0.375. The Morgan fingerprint density at radius 3 is 2.81 bits per heavy atom. The molecule has 0 radical (unpaired) electrons. The summed E-state index contributed by atoms with van der Waals surface area (Å²) in [6.45, 7) is 1.20. The van der Waals surface area contributed by atoms with Gasteiger partial charge in [0.05, 0.1) is 6.61 Å². The molecule has 0 saturated heterocycles. The van der Waals surface area contributed by atoms with Crippen molar-refractivity contribution in [3.05, 3.63) is 57.6 Å². The Bertz CT molecular complexity index is 677. The Kier molecular flexibility index (Phi) is 4.01. The topological polar surface area (TPSA) is 67.0 Å². The number of aromatic nitrogens is 2. The summed E-state index contributed by atoms with van der Waals surface area (Å²) in [6.07, 6.45) is 2.23. The maximum atomic E-state index is 11.7. The van der Waals surface area contributed by atoms with Crippen molar-refractivity contribution in [1.29, 1.82) is 0 Å². The Hall–Kier alpha value is -2.14. The number of hydrogen-bond acceptors (Lipinski definition) is 4. The van der Waals surface area contributed by atoms with Crippen molar-refractivity contribution < 1.29 is 4.74 Å². The van der Waals surface area contributed by atoms with Crippen LogP contribution in [0.3, 0.4) is 0 Å². The van der Waals surface area contributed by atoms with E-state index in [-0.39, 0.29) is 5.56 Å². The van der Waals surface area contributed by atoms with Gasteiger partial charge in [0.25, 0.3) is 5.56 Å². The van der Waals surface area contributed by atoms with Crippen LogP contribution < -0.4 is 10.9 Å². The van der Waals surface area contributed by atoms with Crippen LogP contribution in [0.2, 0.25) is 0 Å². The Balaban J connectivity index is 1.74. The number of aromatic amines is 1. The number of benzene rings is 1. The zero-order valence-electron chi connectivity index (χ0n) is 12.1. The number of nitrogens with zero attached hydrogens (tertiary/aromatic N) is 1. The standard InChI is InChI=1S/C16H19N3O2/c1-21-10-13-5-3-2-4-12(13)9-17-14-8-15(20)19-16(18-14)11-6-7-11/h2-5,8,11H,6-7,9-10H2,1H3,(H2,17,18,19,20). The van der Waals surface area contributed by atoms with Gasteiger partial charge in [-0.15, -0.1) is 0 Å². The molecule has 0 unspecified atom stereocenters.